The number of rotatable bonds is 8. The molecule has 36 heavy (non-hydrogen) atoms. The average Bonchev–Trinajstić information content (AvgIpc) is 2.91. The highest BCUT2D eigenvalue weighted by Gasteiger charge is 2.26. The molecule has 2 aromatic carbocycles. The third-order valence-electron chi connectivity index (χ3n) is 5.50. The number of hydrogen-bond donors (Lipinski definition) is 1. The number of hydrogen-bond acceptors (Lipinski definition) is 9. The molecule has 0 spiro atoms. The molecule has 1 N–H and O–H groups in total. The third kappa shape index (κ3) is 6.26. The number of esters is 3. The van der Waals surface area contributed by atoms with E-state index in [1.54, 1.807) is 0 Å². The first-order chi connectivity index (χ1) is 17.2. The van der Waals surface area contributed by atoms with Crippen molar-refractivity contribution in [1.29, 1.82) is 0 Å². The van der Waals surface area contributed by atoms with E-state index in [1.807, 2.05) is 0 Å². The first-order valence-corrected chi connectivity index (χ1v) is 12.5. The van der Waals surface area contributed by atoms with Crippen molar-refractivity contribution < 1.29 is 41.8 Å². The van der Waals surface area contributed by atoms with Gasteiger partial charge >= 0.3 is 17.9 Å². The fourth-order valence-corrected chi connectivity index (χ4v) is 5.12. The van der Waals surface area contributed by atoms with E-state index in [2.05, 4.69) is 14.8 Å². The van der Waals surface area contributed by atoms with Crippen LogP contribution in [-0.4, -0.2) is 70.5 Å². The molecule has 1 aliphatic rings. The highest BCUT2D eigenvalue weighted by atomic mass is 32.2. The molecule has 0 aliphatic carbocycles. The van der Waals surface area contributed by atoms with Crippen LogP contribution in [0.15, 0.2) is 47.4 Å². The first-order valence-electron chi connectivity index (χ1n) is 11.0. The minimum atomic E-state index is -3.64. The molecule has 0 bridgehead atoms. The Hall–Kier alpha value is -3.77. The molecule has 192 valence electrons. The summed E-state index contributed by atoms with van der Waals surface area (Å²) in [5.41, 5.74) is 0.0915. The summed E-state index contributed by atoms with van der Waals surface area (Å²) in [6.45, 7) is 0.221. The maximum Gasteiger partial charge on any atom is 0.339 e. The lowest BCUT2D eigenvalue weighted by Crippen LogP contribution is -2.35. The Labute approximate surface area is 208 Å². The molecule has 0 saturated carbocycles. The molecule has 1 saturated heterocycles. The van der Waals surface area contributed by atoms with Crippen LogP contribution in [0, 0.1) is 0 Å². The monoisotopic (exact) mass is 518 g/mol. The predicted octanol–water partition coefficient (Wildman–Crippen LogP) is 2.23. The van der Waals surface area contributed by atoms with Crippen LogP contribution in [0.1, 0.15) is 50.3 Å². The minimum absolute atomic E-state index is 0.0182. The summed E-state index contributed by atoms with van der Waals surface area (Å²) >= 11 is 0. The molecule has 0 unspecified atom stereocenters. The van der Waals surface area contributed by atoms with E-state index in [9.17, 15) is 27.6 Å². The van der Waals surface area contributed by atoms with E-state index in [0.717, 1.165) is 26.4 Å². The SMILES string of the molecule is COC(=O)c1ccc(C(=O)OC)c(NC(=O)COC(=O)c2ccc(S(=O)(=O)N3CCCCC3)cc2)c1. The summed E-state index contributed by atoms with van der Waals surface area (Å²) in [5.74, 6) is -3.05. The summed E-state index contributed by atoms with van der Waals surface area (Å²) in [4.78, 5) is 48.6. The zero-order valence-electron chi connectivity index (χ0n) is 19.8. The van der Waals surface area contributed by atoms with Crippen molar-refractivity contribution in [2.75, 3.05) is 39.2 Å². The third-order valence-corrected chi connectivity index (χ3v) is 7.41. The van der Waals surface area contributed by atoms with Crippen LogP contribution in [0.2, 0.25) is 0 Å². The quantitative estimate of drug-likeness (QED) is 0.411. The number of nitrogens with one attached hydrogen (secondary N) is 1. The van der Waals surface area contributed by atoms with Gasteiger partial charge in [0.2, 0.25) is 10.0 Å². The number of anilines is 1. The van der Waals surface area contributed by atoms with Crippen LogP contribution in [0.5, 0.6) is 0 Å². The van der Waals surface area contributed by atoms with Crippen LogP contribution in [0.4, 0.5) is 5.69 Å². The number of methoxy groups -OCH3 is 2. The molecule has 0 aromatic heterocycles. The zero-order chi connectivity index (χ0) is 26.3. The number of nitrogens with zero attached hydrogens (tertiary/aromatic N) is 1. The predicted molar refractivity (Wildman–Crippen MR) is 127 cm³/mol. The first kappa shape index (κ1) is 26.8. The number of amides is 1. The summed E-state index contributed by atoms with van der Waals surface area (Å²) < 4.78 is 41.2. The van der Waals surface area contributed by atoms with Gasteiger partial charge in [0, 0.05) is 13.1 Å². The lowest BCUT2D eigenvalue weighted by atomic mass is 10.1. The highest BCUT2D eigenvalue weighted by Crippen LogP contribution is 2.22. The summed E-state index contributed by atoms with van der Waals surface area (Å²) in [6, 6.07) is 9.13. The molecule has 11 nitrogen and oxygen atoms in total. The Kier molecular flexibility index (Phi) is 8.78. The van der Waals surface area contributed by atoms with Crippen molar-refractivity contribution in [3.05, 3.63) is 59.2 Å². The Morgan fingerprint density at radius 2 is 1.44 bits per heavy atom. The van der Waals surface area contributed by atoms with Gasteiger partial charge in [-0.15, -0.1) is 0 Å². The Bertz CT molecular complexity index is 1250. The van der Waals surface area contributed by atoms with Crippen molar-refractivity contribution in [1.82, 2.24) is 4.31 Å². The molecule has 0 radical (unpaired) electrons. The van der Waals surface area contributed by atoms with E-state index in [0.29, 0.717) is 13.1 Å². The second-order valence-corrected chi connectivity index (χ2v) is 9.79. The Morgan fingerprint density at radius 3 is 2.06 bits per heavy atom. The van der Waals surface area contributed by atoms with Gasteiger partial charge in [0.05, 0.1) is 41.5 Å². The second-order valence-electron chi connectivity index (χ2n) is 7.86. The molecule has 2 aromatic rings. The molecular weight excluding hydrogens is 492 g/mol. The van der Waals surface area contributed by atoms with Gasteiger partial charge in [-0.2, -0.15) is 4.31 Å². The van der Waals surface area contributed by atoms with Crippen molar-refractivity contribution >= 4 is 39.5 Å². The van der Waals surface area contributed by atoms with Crippen molar-refractivity contribution in [2.45, 2.75) is 24.2 Å². The van der Waals surface area contributed by atoms with E-state index < -0.39 is 40.4 Å². The van der Waals surface area contributed by atoms with E-state index >= 15 is 0 Å². The fourth-order valence-electron chi connectivity index (χ4n) is 3.60. The van der Waals surface area contributed by atoms with Gasteiger partial charge in [0.15, 0.2) is 6.61 Å². The van der Waals surface area contributed by atoms with Gasteiger partial charge in [-0.1, -0.05) is 6.42 Å². The average molecular weight is 519 g/mol. The highest BCUT2D eigenvalue weighted by molar-refractivity contribution is 7.89. The van der Waals surface area contributed by atoms with Crippen molar-refractivity contribution in [3.63, 3.8) is 0 Å². The number of carbonyl (C=O) groups is 4. The van der Waals surface area contributed by atoms with Gasteiger partial charge in [-0.3, -0.25) is 4.79 Å². The Balaban J connectivity index is 1.64. The van der Waals surface area contributed by atoms with E-state index in [1.165, 1.54) is 53.9 Å². The number of ether oxygens (including phenoxy) is 3. The Morgan fingerprint density at radius 1 is 0.833 bits per heavy atom. The molecule has 12 heteroatoms. The molecule has 1 amide bonds. The van der Waals surface area contributed by atoms with Crippen molar-refractivity contribution in [2.24, 2.45) is 0 Å². The molecule has 1 fully saturated rings. The maximum absolute atomic E-state index is 12.7. The standard InChI is InChI=1S/C24H26N2O9S/c1-33-22(28)17-8-11-19(24(30)34-2)20(14-17)25-21(27)15-35-23(29)16-6-9-18(10-7-16)36(31,32)26-12-4-3-5-13-26/h6-11,14H,3-5,12-13,15H2,1-2H3,(H,25,27). The minimum Gasteiger partial charge on any atom is -0.465 e. The van der Waals surface area contributed by atoms with E-state index in [4.69, 9.17) is 4.74 Å². The largest absolute Gasteiger partial charge is 0.465 e. The number of sulfonamides is 1. The number of piperidine rings is 1. The topological polar surface area (TPSA) is 145 Å². The summed E-state index contributed by atoms with van der Waals surface area (Å²) in [7, 11) is -1.30. The lowest BCUT2D eigenvalue weighted by Gasteiger charge is -2.25. The maximum atomic E-state index is 12.7. The molecule has 1 heterocycles. The molecule has 1 aliphatic heterocycles. The van der Waals surface area contributed by atoms with Gasteiger partial charge in [0.1, 0.15) is 0 Å². The fraction of sp³-hybridized carbons (Fsp3) is 0.333. The van der Waals surface area contributed by atoms with Gasteiger partial charge in [0.25, 0.3) is 5.91 Å². The second kappa shape index (κ2) is 11.8. The van der Waals surface area contributed by atoms with Gasteiger partial charge in [-0.05, 0) is 55.3 Å². The van der Waals surface area contributed by atoms with Crippen LogP contribution in [-0.2, 0) is 29.0 Å². The molecule has 3 rings (SSSR count). The van der Waals surface area contributed by atoms with Crippen molar-refractivity contribution in [3.8, 4) is 0 Å². The summed E-state index contributed by atoms with van der Waals surface area (Å²) in [5, 5.41) is 2.41. The van der Waals surface area contributed by atoms with Crippen LogP contribution < -0.4 is 5.32 Å². The zero-order valence-corrected chi connectivity index (χ0v) is 20.6. The van der Waals surface area contributed by atoms with Crippen LogP contribution >= 0.6 is 0 Å². The van der Waals surface area contributed by atoms with Crippen LogP contribution in [0.3, 0.4) is 0 Å². The normalized spacial score (nSPS) is 13.9. The van der Waals surface area contributed by atoms with Gasteiger partial charge < -0.3 is 19.5 Å². The molecular formula is C24H26N2O9S. The number of benzene rings is 2. The lowest BCUT2D eigenvalue weighted by molar-refractivity contribution is -0.119. The molecule has 0 atom stereocenters. The van der Waals surface area contributed by atoms with Crippen LogP contribution in [0.25, 0.3) is 0 Å². The number of carbonyl (C=O) groups excluding carboxylic acids is 4. The van der Waals surface area contributed by atoms with E-state index in [-0.39, 0.29) is 27.3 Å². The smallest absolute Gasteiger partial charge is 0.339 e. The summed E-state index contributed by atoms with van der Waals surface area (Å²) in [6.07, 6.45) is 2.60. The van der Waals surface area contributed by atoms with Gasteiger partial charge in [-0.25, -0.2) is 22.8 Å².